The number of carbonyl (C=O) groups excluding carboxylic acids is 2. The van der Waals surface area contributed by atoms with Gasteiger partial charge in [-0.3, -0.25) is 9.59 Å². The monoisotopic (exact) mass is 387 g/mol. The fourth-order valence-corrected chi connectivity index (χ4v) is 4.20. The van der Waals surface area contributed by atoms with E-state index in [2.05, 4.69) is 0 Å². The standard InChI is InChI=1S/C21H25NO4S/c1-4-22(13-16-6-5-7-19-21(16)26-11-10-25-19)20(24)9-8-18(23)17-12-14(2)27-15(17)3/h5-7,12H,4,8-11,13H2,1-3H3. The minimum atomic E-state index is -0.0233. The molecule has 0 saturated heterocycles. The molecule has 0 radical (unpaired) electrons. The van der Waals surface area contributed by atoms with Gasteiger partial charge < -0.3 is 14.4 Å². The third-order valence-corrected chi connectivity index (χ3v) is 5.62. The van der Waals surface area contributed by atoms with Crippen molar-refractivity contribution in [1.82, 2.24) is 4.90 Å². The molecule has 1 aliphatic heterocycles. The molecule has 1 amide bonds. The second kappa shape index (κ2) is 8.57. The number of carbonyl (C=O) groups is 2. The second-order valence-corrected chi connectivity index (χ2v) is 8.06. The van der Waals surface area contributed by atoms with E-state index < -0.39 is 0 Å². The lowest BCUT2D eigenvalue weighted by Crippen LogP contribution is -2.31. The number of hydrogen-bond donors (Lipinski definition) is 0. The molecule has 1 aliphatic rings. The topological polar surface area (TPSA) is 55.8 Å². The fraction of sp³-hybridized carbons (Fsp3) is 0.429. The van der Waals surface area contributed by atoms with Crippen LogP contribution in [0.1, 0.15) is 45.4 Å². The first kappa shape index (κ1) is 19.4. The minimum absolute atomic E-state index is 0.0233. The van der Waals surface area contributed by atoms with Gasteiger partial charge in [0.2, 0.25) is 5.91 Å². The predicted molar refractivity (Wildman–Crippen MR) is 106 cm³/mol. The number of rotatable bonds is 7. The first-order chi connectivity index (χ1) is 13.0. The molecule has 0 unspecified atom stereocenters. The first-order valence-electron chi connectivity index (χ1n) is 9.25. The highest BCUT2D eigenvalue weighted by Gasteiger charge is 2.21. The van der Waals surface area contributed by atoms with Crippen LogP contribution in [0.5, 0.6) is 11.5 Å². The lowest BCUT2D eigenvalue weighted by atomic mass is 10.1. The van der Waals surface area contributed by atoms with E-state index in [4.69, 9.17) is 9.47 Å². The number of Topliss-reactive ketones (excluding diaryl/α,β-unsaturated/α-hetero) is 1. The highest BCUT2D eigenvalue weighted by molar-refractivity contribution is 7.12. The molecule has 5 nitrogen and oxygen atoms in total. The Morgan fingerprint density at radius 1 is 1.15 bits per heavy atom. The summed E-state index contributed by atoms with van der Waals surface area (Å²) in [6, 6.07) is 7.65. The Morgan fingerprint density at radius 2 is 1.93 bits per heavy atom. The number of benzene rings is 1. The van der Waals surface area contributed by atoms with Crippen molar-refractivity contribution in [1.29, 1.82) is 0 Å². The van der Waals surface area contributed by atoms with Crippen LogP contribution < -0.4 is 9.47 Å². The fourth-order valence-electron chi connectivity index (χ4n) is 3.26. The lowest BCUT2D eigenvalue weighted by Gasteiger charge is -2.25. The zero-order valence-electron chi connectivity index (χ0n) is 16.0. The summed E-state index contributed by atoms with van der Waals surface area (Å²) in [7, 11) is 0. The van der Waals surface area contributed by atoms with Gasteiger partial charge in [0.05, 0.1) is 0 Å². The number of ether oxygens (including phenoxy) is 2. The van der Waals surface area contributed by atoms with E-state index in [0.717, 1.165) is 32.4 Å². The van der Waals surface area contributed by atoms with E-state index in [1.807, 2.05) is 45.0 Å². The van der Waals surface area contributed by atoms with Crippen LogP contribution in [0.15, 0.2) is 24.3 Å². The van der Waals surface area contributed by atoms with Gasteiger partial charge >= 0.3 is 0 Å². The third-order valence-electron chi connectivity index (χ3n) is 4.65. The minimum Gasteiger partial charge on any atom is -0.486 e. The smallest absolute Gasteiger partial charge is 0.223 e. The summed E-state index contributed by atoms with van der Waals surface area (Å²) < 4.78 is 11.3. The van der Waals surface area contributed by atoms with Crippen LogP contribution in [0.4, 0.5) is 0 Å². The van der Waals surface area contributed by atoms with Crippen LogP contribution in [0.25, 0.3) is 0 Å². The molecule has 1 aromatic carbocycles. The van der Waals surface area contributed by atoms with E-state index >= 15 is 0 Å². The average molecular weight is 388 g/mol. The Bertz CT molecular complexity index is 843. The molecule has 0 N–H and O–H groups in total. The number of amides is 1. The Morgan fingerprint density at radius 3 is 2.63 bits per heavy atom. The molecule has 144 valence electrons. The summed E-state index contributed by atoms with van der Waals surface area (Å²) in [6.45, 7) is 7.96. The number of thiophene rings is 1. The van der Waals surface area contributed by atoms with Crippen molar-refractivity contribution in [3.05, 3.63) is 45.1 Å². The van der Waals surface area contributed by atoms with Crippen LogP contribution in [0, 0.1) is 13.8 Å². The molecule has 3 rings (SSSR count). The molecule has 6 heteroatoms. The maximum atomic E-state index is 12.7. The Labute approximate surface area is 163 Å². The second-order valence-electron chi connectivity index (χ2n) is 6.60. The summed E-state index contributed by atoms with van der Waals surface area (Å²) in [6.07, 6.45) is 0.451. The van der Waals surface area contributed by atoms with Crippen molar-refractivity contribution in [3.8, 4) is 11.5 Å². The number of aryl methyl sites for hydroxylation is 2. The Hall–Kier alpha value is -2.34. The summed E-state index contributed by atoms with van der Waals surface area (Å²) >= 11 is 1.62. The van der Waals surface area contributed by atoms with Crippen molar-refractivity contribution in [2.45, 2.75) is 40.2 Å². The Balaban J connectivity index is 1.63. The summed E-state index contributed by atoms with van der Waals surface area (Å²) in [5, 5.41) is 0. The van der Waals surface area contributed by atoms with E-state index in [1.165, 1.54) is 0 Å². The molecule has 2 aromatic rings. The third kappa shape index (κ3) is 4.50. The van der Waals surface area contributed by atoms with Crippen LogP contribution in [-0.4, -0.2) is 36.3 Å². The van der Waals surface area contributed by atoms with Gasteiger partial charge in [0, 0.05) is 46.8 Å². The molecule has 0 aliphatic carbocycles. The molecular formula is C21H25NO4S. The zero-order valence-corrected chi connectivity index (χ0v) is 16.9. The van der Waals surface area contributed by atoms with Crippen molar-refractivity contribution in [2.24, 2.45) is 0 Å². The number of nitrogens with zero attached hydrogens (tertiary/aromatic N) is 1. The molecular weight excluding hydrogens is 362 g/mol. The first-order valence-corrected chi connectivity index (χ1v) is 10.1. The summed E-state index contributed by atoms with van der Waals surface area (Å²) in [4.78, 5) is 29.0. The van der Waals surface area contributed by atoms with Gasteiger partial charge in [-0.05, 0) is 32.9 Å². The average Bonchev–Trinajstić information content (AvgIpc) is 3.02. The van der Waals surface area contributed by atoms with Gasteiger partial charge in [0.1, 0.15) is 13.2 Å². The zero-order chi connectivity index (χ0) is 19.4. The highest BCUT2D eigenvalue weighted by Crippen LogP contribution is 2.34. The van der Waals surface area contributed by atoms with E-state index in [-0.39, 0.29) is 24.5 Å². The van der Waals surface area contributed by atoms with Gasteiger partial charge in [-0.1, -0.05) is 12.1 Å². The lowest BCUT2D eigenvalue weighted by molar-refractivity contribution is -0.131. The maximum Gasteiger partial charge on any atom is 0.223 e. The molecule has 0 spiro atoms. The SMILES string of the molecule is CCN(Cc1cccc2c1OCCO2)C(=O)CCC(=O)c1cc(C)sc1C. The van der Waals surface area contributed by atoms with Crippen molar-refractivity contribution in [3.63, 3.8) is 0 Å². The summed E-state index contributed by atoms with van der Waals surface area (Å²) in [5.41, 5.74) is 1.68. The number of ketones is 1. The number of para-hydroxylation sites is 1. The van der Waals surface area contributed by atoms with Crippen LogP contribution in [0.2, 0.25) is 0 Å². The van der Waals surface area contributed by atoms with E-state index in [0.29, 0.717) is 26.3 Å². The largest absolute Gasteiger partial charge is 0.486 e. The van der Waals surface area contributed by atoms with Crippen molar-refractivity contribution >= 4 is 23.0 Å². The molecule has 27 heavy (non-hydrogen) atoms. The van der Waals surface area contributed by atoms with Crippen LogP contribution in [0.3, 0.4) is 0 Å². The maximum absolute atomic E-state index is 12.7. The molecule has 1 aromatic heterocycles. The number of fused-ring (bicyclic) bond motifs is 1. The molecule has 2 heterocycles. The van der Waals surface area contributed by atoms with E-state index in [1.54, 1.807) is 16.2 Å². The molecule has 0 fully saturated rings. The van der Waals surface area contributed by atoms with Gasteiger partial charge in [0.25, 0.3) is 0 Å². The van der Waals surface area contributed by atoms with E-state index in [9.17, 15) is 9.59 Å². The predicted octanol–water partition coefficient (Wildman–Crippen LogP) is 4.15. The highest BCUT2D eigenvalue weighted by atomic mass is 32.1. The molecule has 0 atom stereocenters. The van der Waals surface area contributed by atoms with Gasteiger partial charge in [-0.25, -0.2) is 0 Å². The van der Waals surface area contributed by atoms with Crippen LogP contribution >= 0.6 is 11.3 Å². The van der Waals surface area contributed by atoms with Crippen molar-refractivity contribution in [2.75, 3.05) is 19.8 Å². The van der Waals surface area contributed by atoms with Crippen molar-refractivity contribution < 1.29 is 19.1 Å². The van der Waals surface area contributed by atoms with Crippen LogP contribution in [-0.2, 0) is 11.3 Å². The number of hydrogen-bond acceptors (Lipinski definition) is 5. The Kier molecular flexibility index (Phi) is 6.16. The normalized spacial score (nSPS) is 12.7. The molecule has 0 saturated carbocycles. The van der Waals surface area contributed by atoms with Gasteiger partial charge in [-0.2, -0.15) is 0 Å². The quantitative estimate of drug-likeness (QED) is 0.670. The van der Waals surface area contributed by atoms with Gasteiger partial charge in [-0.15, -0.1) is 11.3 Å². The summed E-state index contributed by atoms with van der Waals surface area (Å²) in [5.74, 6) is 1.45. The van der Waals surface area contributed by atoms with Gasteiger partial charge in [0.15, 0.2) is 17.3 Å². The molecule has 0 bridgehead atoms.